The van der Waals surface area contributed by atoms with Gasteiger partial charge >= 0.3 is 0 Å². The minimum absolute atomic E-state index is 0.619. The Hall–Kier alpha value is -1.92. The maximum absolute atomic E-state index is 6.16. The molecule has 0 saturated heterocycles. The highest BCUT2D eigenvalue weighted by Crippen LogP contribution is 2.35. The third-order valence-electron chi connectivity index (χ3n) is 3.21. The van der Waals surface area contributed by atoms with Gasteiger partial charge in [0.1, 0.15) is 10.8 Å². The third-order valence-corrected chi connectivity index (χ3v) is 4.27. The minimum Gasteiger partial charge on any atom is -0.384 e. The van der Waals surface area contributed by atoms with E-state index in [9.17, 15) is 0 Å². The predicted octanol–water partition coefficient (Wildman–Crippen LogP) is 2.47. The van der Waals surface area contributed by atoms with E-state index in [1.54, 1.807) is 23.1 Å². The quantitative estimate of drug-likeness (QED) is 0.801. The van der Waals surface area contributed by atoms with Gasteiger partial charge in [-0.3, -0.25) is 4.68 Å². The van der Waals surface area contributed by atoms with Gasteiger partial charge in [-0.05, 0) is 12.1 Å². The van der Waals surface area contributed by atoms with Gasteiger partial charge in [0.2, 0.25) is 0 Å². The van der Waals surface area contributed by atoms with Crippen LogP contribution in [0.3, 0.4) is 0 Å². The molecule has 20 heavy (non-hydrogen) atoms. The van der Waals surface area contributed by atoms with E-state index in [-0.39, 0.29) is 0 Å². The van der Waals surface area contributed by atoms with E-state index in [4.69, 9.17) is 10.5 Å². The Labute approximate surface area is 121 Å². The highest BCUT2D eigenvalue weighted by Gasteiger charge is 2.18. The molecule has 0 bridgehead atoms. The summed E-state index contributed by atoms with van der Waals surface area (Å²) in [6, 6.07) is 8.08. The first-order chi connectivity index (χ1) is 9.70. The summed E-state index contributed by atoms with van der Waals surface area (Å²) in [4.78, 5) is 4.67. The normalized spacial score (nSPS) is 11.3. The maximum Gasteiger partial charge on any atom is 0.132 e. The summed E-state index contributed by atoms with van der Waals surface area (Å²) in [5.41, 5.74) is 9.02. The Morgan fingerprint density at radius 1 is 1.35 bits per heavy atom. The van der Waals surface area contributed by atoms with E-state index in [1.165, 1.54) is 0 Å². The van der Waals surface area contributed by atoms with Gasteiger partial charge in [-0.1, -0.05) is 12.1 Å². The van der Waals surface area contributed by atoms with E-state index in [2.05, 4.69) is 16.1 Å². The standard InChI is InChI=1S/C14H16N4OS/c1-18-13(15)12(10(17-18)7-8-19-2)14-16-9-5-3-4-6-11(9)20-14/h3-6H,7-8,15H2,1-2H3. The molecule has 0 unspecified atom stereocenters. The number of hydrogen-bond acceptors (Lipinski definition) is 5. The first-order valence-electron chi connectivity index (χ1n) is 6.37. The molecule has 2 N–H and O–H groups in total. The van der Waals surface area contributed by atoms with Gasteiger partial charge < -0.3 is 10.5 Å². The van der Waals surface area contributed by atoms with Crippen LogP contribution >= 0.6 is 11.3 Å². The monoisotopic (exact) mass is 288 g/mol. The van der Waals surface area contributed by atoms with Crippen molar-refractivity contribution < 1.29 is 4.74 Å². The number of nitrogens with zero attached hydrogens (tertiary/aromatic N) is 3. The van der Waals surface area contributed by atoms with Crippen LogP contribution in [0.15, 0.2) is 24.3 Å². The molecule has 2 heterocycles. The summed E-state index contributed by atoms with van der Waals surface area (Å²) >= 11 is 1.64. The minimum atomic E-state index is 0.619. The molecule has 3 rings (SSSR count). The SMILES string of the molecule is COCCc1nn(C)c(N)c1-c1nc2ccccc2s1. The molecule has 0 amide bonds. The Morgan fingerprint density at radius 2 is 2.15 bits per heavy atom. The number of para-hydroxylation sites is 1. The van der Waals surface area contributed by atoms with Crippen molar-refractivity contribution in [1.82, 2.24) is 14.8 Å². The number of rotatable bonds is 4. The summed E-state index contributed by atoms with van der Waals surface area (Å²) in [7, 11) is 3.53. The smallest absolute Gasteiger partial charge is 0.132 e. The lowest BCUT2D eigenvalue weighted by atomic mass is 10.2. The lowest BCUT2D eigenvalue weighted by Crippen LogP contribution is -1.98. The molecule has 0 aliphatic rings. The van der Waals surface area contributed by atoms with E-state index in [0.29, 0.717) is 12.4 Å². The fourth-order valence-electron chi connectivity index (χ4n) is 2.18. The van der Waals surface area contributed by atoms with Crippen LogP contribution in [0.4, 0.5) is 5.82 Å². The predicted molar refractivity (Wildman–Crippen MR) is 81.8 cm³/mol. The Kier molecular flexibility index (Phi) is 3.42. The van der Waals surface area contributed by atoms with Crippen LogP contribution in [-0.2, 0) is 18.2 Å². The van der Waals surface area contributed by atoms with E-state index in [0.717, 1.165) is 32.9 Å². The number of aryl methyl sites for hydroxylation is 1. The number of methoxy groups -OCH3 is 1. The highest BCUT2D eigenvalue weighted by molar-refractivity contribution is 7.21. The van der Waals surface area contributed by atoms with Gasteiger partial charge in [-0.25, -0.2) is 4.98 Å². The van der Waals surface area contributed by atoms with Crippen molar-refractivity contribution in [1.29, 1.82) is 0 Å². The summed E-state index contributed by atoms with van der Waals surface area (Å²) < 4.78 is 7.99. The van der Waals surface area contributed by atoms with Crippen LogP contribution in [0, 0.1) is 0 Å². The van der Waals surface area contributed by atoms with Gasteiger partial charge in [0.05, 0.1) is 28.1 Å². The van der Waals surface area contributed by atoms with Crippen LogP contribution in [0.5, 0.6) is 0 Å². The van der Waals surface area contributed by atoms with Gasteiger partial charge in [-0.2, -0.15) is 5.10 Å². The highest BCUT2D eigenvalue weighted by atomic mass is 32.1. The molecule has 0 aliphatic heterocycles. The van der Waals surface area contributed by atoms with Crippen LogP contribution in [-0.4, -0.2) is 28.5 Å². The van der Waals surface area contributed by atoms with Gasteiger partial charge in [0.15, 0.2) is 0 Å². The van der Waals surface area contributed by atoms with Crippen molar-refractivity contribution in [3.8, 4) is 10.6 Å². The van der Waals surface area contributed by atoms with Crippen LogP contribution < -0.4 is 5.73 Å². The second kappa shape index (κ2) is 5.22. The average molecular weight is 288 g/mol. The molecule has 0 radical (unpaired) electrons. The van der Waals surface area contributed by atoms with E-state index in [1.807, 2.05) is 25.2 Å². The molecule has 104 valence electrons. The summed E-state index contributed by atoms with van der Waals surface area (Å²) in [5, 5.41) is 5.39. The molecule has 5 nitrogen and oxygen atoms in total. The first-order valence-corrected chi connectivity index (χ1v) is 7.18. The first kappa shape index (κ1) is 13.1. The molecular weight excluding hydrogens is 272 g/mol. The molecule has 6 heteroatoms. The molecule has 3 aromatic rings. The zero-order valence-corrected chi connectivity index (χ0v) is 12.3. The Morgan fingerprint density at radius 3 is 2.90 bits per heavy atom. The Bertz CT molecular complexity index is 714. The number of nitrogens with two attached hydrogens (primary N) is 1. The summed E-state index contributed by atoms with van der Waals surface area (Å²) in [6.45, 7) is 0.619. The van der Waals surface area contributed by atoms with Crippen molar-refractivity contribution in [2.24, 2.45) is 7.05 Å². The number of thiazole rings is 1. The summed E-state index contributed by atoms with van der Waals surface area (Å²) in [6.07, 6.45) is 0.729. The van der Waals surface area contributed by atoms with Gasteiger partial charge in [0.25, 0.3) is 0 Å². The third kappa shape index (κ3) is 2.17. The number of aromatic nitrogens is 3. The molecule has 2 aromatic heterocycles. The van der Waals surface area contributed by atoms with E-state index < -0.39 is 0 Å². The molecule has 0 atom stereocenters. The van der Waals surface area contributed by atoms with Crippen molar-refractivity contribution in [2.45, 2.75) is 6.42 Å². The molecule has 1 aromatic carbocycles. The van der Waals surface area contributed by atoms with Crippen molar-refractivity contribution in [2.75, 3.05) is 19.5 Å². The number of hydrogen-bond donors (Lipinski definition) is 1. The second-order valence-corrected chi connectivity index (χ2v) is 5.59. The Balaban J connectivity index is 2.12. The van der Waals surface area contributed by atoms with E-state index >= 15 is 0 Å². The zero-order valence-electron chi connectivity index (χ0n) is 11.5. The topological polar surface area (TPSA) is 66.0 Å². The fourth-order valence-corrected chi connectivity index (χ4v) is 3.22. The fraction of sp³-hybridized carbons (Fsp3) is 0.286. The van der Waals surface area contributed by atoms with Crippen LogP contribution in [0.25, 0.3) is 20.8 Å². The molecule has 0 saturated carbocycles. The number of anilines is 1. The molecular formula is C14H16N4OS. The van der Waals surface area contributed by atoms with Crippen LogP contribution in [0.2, 0.25) is 0 Å². The molecule has 0 aliphatic carbocycles. The largest absolute Gasteiger partial charge is 0.384 e. The average Bonchev–Trinajstić information content (AvgIpc) is 2.98. The van der Waals surface area contributed by atoms with Crippen molar-refractivity contribution in [3.63, 3.8) is 0 Å². The molecule has 0 spiro atoms. The number of benzene rings is 1. The maximum atomic E-state index is 6.16. The molecule has 0 fully saturated rings. The summed E-state index contributed by atoms with van der Waals surface area (Å²) in [5.74, 6) is 0.648. The lowest BCUT2D eigenvalue weighted by molar-refractivity contribution is 0.201. The van der Waals surface area contributed by atoms with Gasteiger partial charge in [0, 0.05) is 20.6 Å². The number of ether oxygens (including phenoxy) is 1. The van der Waals surface area contributed by atoms with Gasteiger partial charge in [-0.15, -0.1) is 11.3 Å². The zero-order chi connectivity index (χ0) is 14.1. The second-order valence-electron chi connectivity index (χ2n) is 4.56. The van der Waals surface area contributed by atoms with Crippen LogP contribution in [0.1, 0.15) is 5.69 Å². The van der Waals surface area contributed by atoms with Crippen molar-refractivity contribution in [3.05, 3.63) is 30.0 Å². The number of nitrogen functional groups attached to an aromatic ring is 1. The lowest BCUT2D eigenvalue weighted by Gasteiger charge is -1.99. The van der Waals surface area contributed by atoms with Crippen molar-refractivity contribution >= 4 is 27.4 Å². The number of fused-ring (bicyclic) bond motifs is 1.